The number of ether oxygens (including phenoxy) is 1. The molecule has 0 saturated heterocycles. The van der Waals surface area contributed by atoms with Gasteiger partial charge in [-0.25, -0.2) is 0 Å². The lowest BCUT2D eigenvalue weighted by atomic mass is 9.93. The van der Waals surface area contributed by atoms with E-state index >= 15 is 0 Å². The molecule has 27 heavy (non-hydrogen) atoms. The number of nitrogen functional groups attached to an aromatic ring is 1. The number of rotatable bonds is 7. The van der Waals surface area contributed by atoms with E-state index in [4.69, 9.17) is 15.6 Å². The molecule has 7 heteroatoms. The molecule has 0 atom stereocenters. The van der Waals surface area contributed by atoms with Crippen LogP contribution in [0.4, 0.5) is 18.9 Å². The Hall–Kier alpha value is -2.70. The summed E-state index contributed by atoms with van der Waals surface area (Å²) in [7, 11) is 0. The first-order valence-corrected chi connectivity index (χ1v) is 8.58. The number of hydrogen-bond donors (Lipinski definition) is 2. The van der Waals surface area contributed by atoms with E-state index < -0.39 is 17.7 Å². The van der Waals surface area contributed by atoms with Crippen molar-refractivity contribution in [2.24, 2.45) is 0 Å². The van der Waals surface area contributed by atoms with E-state index in [1.54, 1.807) is 26.0 Å². The molecule has 0 fully saturated rings. The van der Waals surface area contributed by atoms with E-state index in [2.05, 4.69) is 0 Å². The van der Waals surface area contributed by atoms with Crippen LogP contribution in [0.3, 0.4) is 0 Å². The van der Waals surface area contributed by atoms with Crippen LogP contribution in [0.15, 0.2) is 30.3 Å². The molecule has 0 aliphatic carbocycles. The van der Waals surface area contributed by atoms with Gasteiger partial charge in [0, 0.05) is 17.7 Å². The zero-order valence-electron chi connectivity index (χ0n) is 15.2. The molecule has 2 rings (SSSR count). The summed E-state index contributed by atoms with van der Waals surface area (Å²) in [6.07, 6.45) is -3.63. The van der Waals surface area contributed by atoms with Crippen LogP contribution in [0.25, 0.3) is 11.1 Å². The van der Waals surface area contributed by atoms with E-state index in [-0.39, 0.29) is 13.0 Å². The van der Waals surface area contributed by atoms with Crippen LogP contribution in [0.1, 0.15) is 36.5 Å². The highest BCUT2D eigenvalue weighted by Crippen LogP contribution is 2.38. The number of carboxylic acids is 1. The Bertz CT molecular complexity index is 832. The third-order valence-electron chi connectivity index (χ3n) is 4.24. The molecule has 0 heterocycles. The fourth-order valence-corrected chi connectivity index (χ4v) is 2.83. The van der Waals surface area contributed by atoms with Crippen LogP contribution in [0, 0.1) is 6.92 Å². The van der Waals surface area contributed by atoms with Gasteiger partial charge in [-0.3, -0.25) is 4.79 Å². The molecule has 2 aromatic carbocycles. The van der Waals surface area contributed by atoms with Crippen molar-refractivity contribution in [3.05, 3.63) is 47.0 Å². The number of carboxylic acid groups (broad SMARTS) is 1. The fourth-order valence-electron chi connectivity index (χ4n) is 2.83. The second-order valence-corrected chi connectivity index (χ2v) is 6.27. The van der Waals surface area contributed by atoms with Gasteiger partial charge in [-0.05, 0) is 60.7 Å². The van der Waals surface area contributed by atoms with Crippen LogP contribution in [0.5, 0.6) is 5.75 Å². The summed E-state index contributed by atoms with van der Waals surface area (Å²) in [6.45, 7) is 3.82. The molecule has 0 unspecified atom stereocenters. The first-order valence-electron chi connectivity index (χ1n) is 8.58. The Labute approximate surface area is 155 Å². The molecule has 3 N–H and O–H groups in total. The highest BCUT2D eigenvalue weighted by molar-refractivity contribution is 5.81. The summed E-state index contributed by atoms with van der Waals surface area (Å²) in [5.41, 5.74) is 8.39. The zero-order chi connectivity index (χ0) is 20.2. The van der Waals surface area contributed by atoms with Crippen LogP contribution < -0.4 is 10.5 Å². The van der Waals surface area contributed by atoms with E-state index in [9.17, 15) is 18.0 Å². The van der Waals surface area contributed by atoms with E-state index in [1.165, 1.54) is 6.07 Å². The van der Waals surface area contributed by atoms with E-state index in [0.717, 1.165) is 17.7 Å². The van der Waals surface area contributed by atoms with Gasteiger partial charge in [0.05, 0.1) is 12.2 Å². The number of halogens is 3. The summed E-state index contributed by atoms with van der Waals surface area (Å²) in [5.74, 6) is -0.364. The number of carbonyl (C=O) groups is 1. The lowest BCUT2D eigenvalue weighted by Crippen LogP contribution is -2.06. The third-order valence-corrected chi connectivity index (χ3v) is 4.24. The number of aryl methyl sites for hydroxylation is 2. The number of alkyl halides is 3. The second-order valence-electron chi connectivity index (χ2n) is 6.27. The zero-order valence-corrected chi connectivity index (χ0v) is 15.2. The second kappa shape index (κ2) is 8.33. The fraction of sp³-hybridized carbons (Fsp3) is 0.350. The van der Waals surface area contributed by atoms with Crippen molar-refractivity contribution >= 4 is 11.7 Å². The van der Waals surface area contributed by atoms with Gasteiger partial charge in [0.15, 0.2) is 0 Å². The summed E-state index contributed by atoms with van der Waals surface area (Å²) in [4.78, 5) is 10.6. The molecule has 0 aromatic heterocycles. The minimum atomic E-state index is -4.40. The Morgan fingerprint density at radius 2 is 1.89 bits per heavy atom. The van der Waals surface area contributed by atoms with Crippen molar-refractivity contribution in [3.8, 4) is 16.9 Å². The maximum Gasteiger partial charge on any atom is 0.416 e. The van der Waals surface area contributed by atoms with Crippen LogP contribution in [0.2, 0.25) is 0 Å². The highest BCUT2D eigenvalue weighted by Gasteiger charge is 2.31. The summed E-state index contributed by atoms with van der Waals surface area (Å²) in [6, 6.07) is 7.02. The predicted molar refractivity (Wildman–Crippen MR) is 97.8 cm³/mol. The lowest BCUT2D eigenvalue weighted by Gasteiger charge is -2.17. The topological polar surface area (TPSA) is 72.5 Å². The molecule has 0 amide bonds. The average Bonchev–Trinajstić information content (AvgIpc) is 2.58. The van der Waals surface area contributed by atoms with Gasteiger partial charge >= 0.3 is 12.1 Å². The first-order chi connectivity index (χ1) is 12.6. The van der Waals surface area contributed by atoms with Gasteiger partial charge in [-0.1, -0.05) is 13.0 Å². The van der Waals surface area contributed by atoms with Crippen molar-refractivity contribution in [1.82, 2.24) is 0 Å². The Kier molecular flexibility index (Phi) is 6.36. The highest BCUT2D eigenvalue weighted by atomic mass is 19.4. The van der Waals surface area contributed by atoms with E-state index in [1.807, 2.05) is 0 Å². The molecule has 0 saturated carbocycles. The van der Waals surface area contributed by atoms with Crippen molar-refractivity contribution in [2.75, 3.05) is 12.3 Å². The molecular weight excluding hydrogens is 359 g/mol. The summed E-state index contributed by atoms with van der Waals surface area (Å²) >= 11 is 0. The molecule has 0 bridgehead atoms. The van der Waals surface area contributed by atoms with Crippen molar-refractivity contribution in [3.63, 3.8) is 0 Å². The summed E-state index contributed by atoms with van der Waals surface area (Å²) in [5, 5.41) is 8.68. The van der Waals surface area contributed by atoms with Gasteiger partial charge < -0.3 is 15.6 Å². The van der Waals surface area contributed by atoms with Crippen molar-refractivity contribution < 1.29 is 27.8 Å². The smallest absolute Gasteiger partial charge is 0.416 e. The number of anilines is 1. The Morgan fingerprint density at radius 1 is 1.19 bits per heavy atom. The van der Waals surface area contributed by atoms with Crippen molar-refractivity contribution in [2.45, 2.75) is 39.3 Å². The Morgan fingerprint density at radius 3 is 2.48 bits per heavy atom. The number of aliphatic carboxylic acids is 1. The molecule has 0 spiro atoms. The largest absolute Gasteiger partial charge is 0.493 e. The molecule has 0 aliphatic heterocycles. The van der Waals surface area contributed by atoms with E-state index in [0.29, 0.717) is 41.0 Å². The molecule has 0 radical (unpaired) electrons. The lowest BCUT2D eigenvalue weighted by molar-refractivity contribution is -0.138. The minimum Gasteiger partial charge on any atom is -0.493 e. The van der Waals surface area contributed by atoms with Gasteiger partial charge in [-0.15, -0.1) is 0 Å². The molecular formula is C20H22F3NO3. The van der Waals surface area contributed by atoms with Gasteiger partial charge in [-0.2, -0.15) is 13.2 Å². The van der Waals surface area contributed by atoms with Gasteiger partial charge in [0.2, 0.25) is 0 Å². The minimum absolute atomic E-state index is 0.000234. The average molecular weight is 381 g/mol. The predicted octanol–water partition coefficient (Wildman–Crippen LogP) is 5.07. The third kappa shape index (κ3) is 5.15. The van der Waals surface area contributed by atoms with Crippen LogP contribution in [-0.2, 0) is 17.4 Å². The normalized spacial score (nSPS) is 11.4. The summed E-state index contributed by atoms with van der Waals surface area (Å²) < 4.78 is 44.6. The standard InChI is InChI=1S/C20H22F3NO3/c1-3-13-10-14(20(21,22)23)6-7-15(13)16-11-18(12(2)9-17(16)24)27-8-4-5-19(25)26/h6-7,9-11H,3-5,8,24H2,1-2H3,(H,25,26). The molecule has 2 aromatic rings. The van der Waals surface area contributed by atoms with Crippen molar-refractivity contribution in [1.29, 1.82) is 0 Å². The van der Waals surface area contributed by atoms with Crippen LogP contribution >= 0.6 is 0 Å². The van der Waals surface area contributed by atoms with Gasteiger partial charge in [0.25, 0.3) is 0 Å². The molecule has 0 aliphatic rings. The number of benzene rings is 2. The number of hydrogen-bond acceptors (Lipinski definition) is 3. The quantitative estimate of drug-likeness (QED) is 0.519. The maximum absolute atomic E-state index is 13.0. The Balaban J connectivity index is 2.37. The van der Waals surface area contributed by atoms with Crippen LogP contribution in [-0.4, -0.2) is 17.7 Å². The molecule has 146 valence electrons. The first kappa shape index (κ1) is 20.6. The monoisotopic (exact) mass is 381 g/mol. The SMILES string of the molecule is CCc1cc(C(F)(F)F)ccc1-c1cc(OCCCC(=O)O)c(C)cc1N. The maximum atomic E-state index is 13.0. The van der Waals surface area contributed by atoms with Gasteiger partial charge in [0.1, 0.15) is 5.75 Å². The number of nitrogens with two attached hydrogens (primary N) is 1. The molecule has 4 nitrogen and oxygen atoms in total.